The number of nitrogens with zero attached hydrogens (tertiary/aromatic N) is 1. The number of carbonyl (C=O) groups is 1. The summed E-state index contributed by atoms with van der Waals surface area (Å²) >= 11 is 6.91. The Kier molecular flexibility index (Phi) is 1.80. The fourth-order valence-corrected chi connectivity index (χ4v) is 1.73. The molecule has 8 heavy (non-hydrogen) atoms. The van der Waals surface area contributed by atoms with Crippen molar-refractivity contribution < 1.29 is 4.79 Å². The topological polar surface area (TPSA) is 20.3 Å². The lowest BCUT2D eigenvalue weighted by Gasteiger charge is -1.99. The predicted octanol–water partition coefficient (Wildman–Crippen LogP) is 0.714. The number of hydrogen-bond donors (Lipinski definition) is 0. The summed E-state index contributed by atoms with van der Waals surface area (Å²) in [5.74, 6) is 0.110. The second-order valence-corrected chi connectivity index (χ2v) is 3.67. The predicted molar refractivity (Wildman–Crippen MR) is 34.9 cm³/mol. The van der Waals surface area contributed by atoms with Crippen molar-refractivity contribution >= 4 is 29.3 Å². The van der Waals surface area contributed by atoms with Crippen LogP contribution in [-0.2, 0) is 4.79 Å². The SMILES string of the molecule is CN1CC(=O)C(Cl)S1. The highest BCUT2D eigenvalue weighted by Gasteiger charge is 2.26. The molecule has 1 aliphatic heterocycles. The van der Waals surface area contributed by atoms with E-state index in [1.807, 2.05) is 11.4 Å². The van der Waals surface area contributed by atoms with Gasteiger partial charge >= 0.3 is 0 Å². The molecule has 1 fully saturated rings. The van der Waals surface area contributed by atoms with E-state index in [0.29, 0.717) is 6.54 Å². The van der Waals surface area contributed by atoms with Crippen molar-refractivity contribution in [2.45, 2.75) is 4.71 Å². The zero-order valence-electron chi connectivity index (χ0n) is 4.43. The molecule has 2 nitrogen and oxygen atoms in total. The average molecular weight is 152 g/mol. The van der Waals surface area contributed by atoms with Crippen molar-refractivity contribution in [2.24, 2.45) is 0 Å². The summed E-state index contributed by atoms with van der Waals surface area (Å²) in [6.07, 6.45) is 0. The highest BCUT2D eigenvalue weighted by molar-refractivity contribution is 8.00. The Morgan fingerprint density at radius 2 is 2.62 bits per heavy atom. The van der Waals surface area contributed by atoms with E-state index < -0.39 is 0 Å². The minimum Gasteiger partial charge on any atom is -0.296 e. The van der Waals surface area contributed by atoms with Crippen LogP contribution in [0.25, 0.3) is 0 Å². The number of ketones is 1. The van der Waals surface area contributed by atoms with E-state index in [1.165, 1.54) is 11.9 Å². The average Bonchev–Trinajstić information content (AvgIpc) is 1.85. The van der Waals surface area contributed by atoms with E-state index in [1.54, 1.807) is 0 Å². The number of rotatable bonds is 0. The third-order valence-corrected chi connectivity index (χ3v) is 2.32. The Bertz CT molecular complexity index is 119. The molecule has 1 atom stereocenters. The summed E-state index contributed by atoms with van der Waals surface area (Å²) in [6.45, 7) is 0.485. The van der Waals surface area contributed by atoms with Crippen LogP contribution in [0.3, 0.4) is 0 Å². The number of likely N-dealkylation sites (N-methyl/N-ethyl adjacent to an activating group) is 1. The number of hydrogen-bond acceptors (Lipinski definition) is 3. The minimum absolute atomic E-state index is 0.110. The zero-order valence-corrected chi connectivity index (χ0v) is 6.00. The van der Waals surface area contributed by atoms with Crippen LogP contribution in [0.15, 0.2) is 0 Å². The van der Waals surface area contributed by atoms with Crippen molar-refractivity contribution in [3.8, 4) is 0 Å². The molecule has 0 aromatic rings. The Hall–Kier alpha value is 0.270. The summed E-state index contributed by atoms with van der Waals surface area (Å²) in [5, 5.41) is 0. The van der Waals surface area contributed by atoms with Gasteiger partial charge in [0.2, 0.25) is 0 Å². The van der Waals surface area contributed by atoms with E-state index in [0.717, 1.165) is 0 Å². The molecule has 0 bridgehead atoms. The molecule has 0 amide bonds. The van der Waals surface area contributed by atoms with E-state index in [-0.39, 0.29) is 10.5 Å². The van der Waals surface area contributed by atoms with Gasteiger partial charge in [-0.1, -0.05) is 11.9 Å². The number of Topliss-reactive ketones (excluding diaryl/α,β-unsaturated/α-hetero) is 1. The van der Waals surface area contributed by atoms with Crippen molar-refractivity contribution in [2.75, 3.05) is 13.6 Å². The Balaban J connectivity index is 2.51. The van der Waals surface area contributed by atoms with Crippen LogP contribution in [-0.4, -0.2) is 28.4 Å². The molecular formula is C4H6ClNOS. The first-order valence-corrected chi connectivity index (χ1v) is 3.52. The summed E-state index contributed by atoms with van der Waals surface area (Å²) in [4.78, 5) is 10.6. The maximum absolute atomic E-state index is 10.6. The fraction of sp³-hybridized carbons (Fsp3) is 0.750. The number of alkyl halides is 1. The van der Waals surface area contributed by atoms with Crippen LogP contribution in [0.5, 0.6) is 0 Å². The standard InChI is InChI=1S/C4H6ClNOS/c1-6-2-3(7)4(5)8-6/h4H,2H2,1H3. The monoisotopic (exact) mass is 151 g/mol. The maximum atomic E-state index is 10.6. The van der Waals surface area contributed by atoms with Gasteiger partial charge in [0, 0.05) is 0 Å². The summed E-state index contributed by atoms with van der Waals surface area (Å²) in [6, 6.07) is 0. The third kappa shape index (κ3) is 1.16. The Morgan fingerprint density at radius 3 is 2.75 bits per heavy atom. The van der Waals surface area contributed by atoms with Crippen LogP contribution in [0, 0.1) is 0 Å². The molecule has 1 saturated heterocycles. The lowest BCUT2D eigenvalue weighted by Crippen LogP contribution is -2.10. The van der Waals surface area contributed by atoms with E-state index in [9.17, 15) is 4.79 Å². The molecule has 4 heteroatoms. The quantitative estimate of drug-likeness (QED) is 0.376. The lowest BCUT2D eigenvalue weighted by molar-refractivity contribution is -0.116. The van der Waals surface area contributed by atoms with E-state index >= 15 is 0 Å². The zero-order chi connectivity index (χ0) is 6.15. The van der Waals surface area contributed by atoms with Crippen LogP contribution in [0.1, 0.15) is 0 Å². The van der Waals surface area contributed by atoms with Gasteiger partial charge < -0.3 is 0 Å². The number of halogens is 1. The van der Waals surface area contributed by atoms with Crippen molar-refractivity contribution in [3.63, 3.8) is 0 Å². The minimum atomic E-state index is -0.333. The van der Waals surface area contributed by atoms with Crippen LogP contribution in [0.2, 0.25) is 0 Å². The molecule has 1 unspecified atom stereocenters. The Morgan fingerprint density at radius 1 is 2.00 bits per heavy atom. The molecule has 1 aliphatic rings. The fourth-order valence-electron chi connectivity index (χ4n) is 0.545. The van der Waals surface area contributed by atoms with Gasteiger partial charge in [-0.2, -0.15) is 0 Å². The lowest BCUT2D eigenvalue weighted by atomic mass is 10.4. The molecule has 1 rings (SSSR count). The second-order valence-electron chi connectivity index (χ2n) is 1.67. The van der Waals surface area contributed by atoms with Crippen molar-refractivity contribution in [1.29, 1.82) is 0 Å². The number of carbonyl (C=O) groups excluding carboxylic acids is 1. The molecule has 0 aromatic heterocycles. The maximum Gasteiger partial charge on any atom is 0.176 e. The molecule has 0 aromatic carbocycles. The molecule has 1 heterocycles. The first-order chi connectivity index (χ1) is 3.70. The van der Waals surface area contributed by atoms with Gasteiger partial charge in [-0.05, 0) is 7.05 Å². The third-order valence-electron chi connectivity index (χ3n) is 0.904. The molecule has 0 saturated carbocycles. The second kappa shape index (κ2) is 2.25. The van der Waals surface area contributed by atoms with Gasteiger partial charge in [-0.25, -0.2) is 4.31 Å². The van der Waals surface area contributed by atoms with Gasteiger partial charge in [0.05, 0.1) is 6.54 Å². The summed E-state index contributed by atoms with van der Waals surface area (Å²) in [7, 11) is 1.85. The van der Waals surface area contributed by atoms with Gasteiger partial charge in [0.1, 0.15) is 0 Å². The highest BCUT2D eigenvalue weighted by atomic mass is 35.5. The molecular weight excluding hydrogens is 146 g/mol. The van der Waals surface area contributed by atoms with Crippen molar-refractivity contribution in [3.05, 3.63) is 0 Å². The van der Waals surface area contributed by atoms with Crippen LogP contribution in [0.4, 0.5) is 0 Å². The normalized spacial score (nSPS) is 31.8. The smallest absolute Gasteiger partial charge is 0.176 e. The molecule has 0 spiro atoms. The molecule has 0 radical (unpaired) electrons. The van der Waals surface area contributed by atoms with Gasteiger partial charge in [0.25, 0.3) is 0 Å². The highest BCUT2D eigenvalue weighted by Crippen LogP contribution is 2.25. The molecule has 46 valence electrons. The van der Waals surface area contributed by atoms with Gasteiger partial charge in [-0.15, -0.1) is 11.6 Å². The molecule has 0 N–H and O–H groups in total. The first-order valence-electron chi connectivity index (χ1n) is 2.25. The van der Waals surface area contributed by atoms with E-state index in [2.05, 4.69) is 0 Å². The Labute approximate surface area is 57.3 Å². The van der Waals surface area contributed by atoms with E-state index in [4.69, 9.17) is 11.6 Å². The van der Waals surface area contributed by atoms with Crippen LogP contribution >= 0.6 is 23.5 Å². The van der Waals surface area contributed by atoms with Gasteiger partial charge in [-0.3, -0.25) is 4.79 Å². The van der Waals surface area contributed by atoms with Gasteiger partial charge in [0.15, 0.2) is 10.5 Å². The van der Waals surface area contributed by atoms with Crippen LogP contribution < -0.4 is 0 Å². The summed E-state index contributed by atoms with van der Waals surface area (Å²) in [5.41, 5.74) is 0. The largest absolute Gasteiger partial charge is 0.296 e. The first kappa shape index (κ1) is 6.39. The summed E-state index contributed by atoms with van der Waals surface area (Å²) < 4.78 is 1.50. The van der Waals surface area contributed by atoms with Crippen molar-refractivity contribution in [1.82, 2.24) is 4.31 Å². The molecule has 0 aliphatic carbocycles.